The summed E-state index contributed by atoms with van der Waals surface area (Å²) in [7, 11) is 0. The molecule has 0 radical (unpaired) electrons. The van der Waals surface area contributed by atoms with Crippen molar-refractivity contribution in [3.63, 3.8) is 0 Å². The molecule has 1 N–H and O–H groups in total. The summed E-state index contributed by atoms with van der Waals surface area (Å²) < 4.78 is 86.5. The number of rotatable bonds is 11. The Morgan fingerprint density at radius 3 is 2.16 bits per heavy atom. The third-order valence-corrected chi connectivity index (χ3v) is 14.2. The summed E-state index contributed by atoms with van der Waals surface area (Å²) in [6.45, 7) is 5.82. The van der Waals surface area contributed by atoms with Gasteiger partial charge in [0.05, 0.1) is 0 Å². The number of nitrogens with one attached hydrogen (secondary N) is 1. The van der Waals surface area contributed by atoms with Gasteiger partial charge in [0.1, 0.15) is 0 Å². The molecule has 2 aromatic rings. The first-order chi connectivity index (χ1) is 21.2. The molecule has 248 valence electrons. The normalized spacial score (nSPS) is 26.0. The van der Waals surface area contributed by atoms with Crippen LogP contribution in [0.1, 0.15) is 87.0 Å². The molecular weight excluding hydrogens is 659 g/mol. The Kier molecular flexibility index (Phi) is 11.5. The van der Waals surface area contributed by atoms with Crippen LogP contribution in [-0.2, 0) is 30.9 Å². The number of aldehydes is 1. The van der Waals surface area contributed by atoms with Crippen LogP contribution in [-0.4, -0.2) is 47.7 Å². The molecule has 1 saturated carbocycles. The van der Waals surface area contributed by atoms with E-state index in [1.165, 1.54) is 0 Å². The molecule has 2 aromatic carbocycles. The number of ether oxygens (including phenoxy) is 1. The minimum atomic E-state index is -4.97. The zero-order chi connectivity index (χ0) is 32.9. The van der Waals surface area contributed by atoms with Gasteiger partial charge in [0.25, 0.3) is 0 Å². The van der Waals surface area contributed by atoms with Gasteiger partial charge in [-0.2, -0.15) is 0 Å². The Morgan fingerprint density at radius 2 is 1.64 bits per heavy atom. The maximum absolute atomic E-state index is 13.5. The van der Waals surface area contributed by atoms with E-state index in [2.05, 4.69) is 12.2 Å². The molecule has 0 spiro atoms. The van der Waals surface area contributed by atoms with E-state index in [4.69, 9.17) is 4.74 Å². The molecule has 4 atom stereocenters. The number of hydrogen-bond donors (Lipinski definition) is 1. The number of alkyl halides is 6. The number of hydrogen-bond acceptors (Lipinski definition) is 4. The van der Waals surface area contributed by atoms with Crippen LogP contribution in [0.25, 0.3) is 0 Å². The monoisotopic (exact) mass is 701 g/mol. The standard InChI is InChI=1S/C34H42AsF6NO3/c1-3-45-30(44)31(12-7-15-42-22-31)19-23(2)24-10-13-32(14-11-24,27-8-5-4-6-9-27)35-20-26(21-43)25-16-28(33(36,37)38)18-29(17-25)34(39,40)41/h4-6,8-9,16-18,21,23-24,26,35,42H,3,7,10-15,19-20,22H2,1-2H3. The molecule has 1 heterocycles. The fourth-order valence-corrected chi connectivity index (χ4v) is 11.3. The van der Waals surface area contributed by atoms with E-state index in [-0.39, 0.29) is 32.9 Å². The molecule has 2 aliphatic rings. The van der Waals surface area contributed by atoms with Gasteiger partial charge in [-0.05, 0) is 0 Å². The quantitative estimate of drug-likeness (QED) is 0.112. The van der Waals surface area contributed by atoms with Crippen molar-refractivity contribution in [3.05, 3.63) is 70.8 Å². The van der Waals surface area contributed by atoms with Gasteiger partial charge in [-0.3, -0.25) is 0 Å². The molecule has 45 heavy (non-hydrogen) atoms. The summed E-state index contributed by atoms with van der Waals surface area (Å²) in [5.74, 6) is -0.583. The number of carbonyl (C=O) groups excluding carboxylic acids is 2. The van der Waals surface area contributed by atoms with Crippen LogP contribution >= 0.6 is 0 Å². The molecule has 1 aliphatic carbocycles. The first kappa shape index (κ1) is 35.5. The van der Waals surface area contributed by atoms with Crippen molar-refractivity contribution in [2.75, 3.05) is 19.7 Å². The van der Waals surface area contributed by atoms with Crippen LogP contribution in [0, 0.1) is 17.3 Å². The Balaban J connectivity index is 1.54. The van der Waals surface area contributed by atoms with E-state index in [1.807, 2.05) is 37.3 Å². The maximum atomic E-state index is 13.5. The average molecular weight is 702 g/mol. The molecule has 2 fully saturated rings. The summed E-state index contributed by atoms with van der Waals surface area (Å²) >= 11 is -1.05. The van der Waals surface area contributed by atoms with Gasteiger partial charge in [0, 0.05) is 0 Å². The molecule has 1 aliphatic heterocycles. The third-order valence-electron chi connectivity index (χ3n) is 9.77. The van der Waals surface area contributed by atoms with Gasteiger partial charge in [-0.1, -0.05) is 0 Å². The van der Waals surface area contributed by atoms with Crippen molar-refractivity contribution in [1.82, 2.24) is 5.32 Å². The summed E-state index contributed by atoms with van der Waals surface area (Å²) in [5.41, 5.74) is -2.49. The second kappa shape index (κ2) is 14.6. The summed E-state index contributed by atoms with van der Waals surface area (Å²) in [4.78, 5) is 25.3. The van der Waals surface area contributed by atoms with Crippen molar-refractivity contribution in [1.29, 1.82) is 0 Å². The molecule has 0 bridgehead atoms. The number of esters is 1. The van der Waals surface area contributed by atoms with Crippen LogP contribution in [0.15, 0.2) is 48.5 Å². The molecule has 0 amide bonds. The average Bonchev–Trinajstić information content (AvgIpc) is 3.01. The Labute approximate surface area is 267 Å². The molecule has 11 heteroatoms. The minimum absolute atomic E-state index is 0.102. The molecule has 1 saturated heterocycles. The van der Waals surface area contributed by atoms with Gasteiger partial charge in [-0.15, -0.1) is 0 Å². The number of halogens is 6. The van der Waals surface area contributed by atoms with Crippen LogP contribution in [0.5, 0.6) is 0 Å². The molecule has 4 rings (SSSR count). The SMILES string of the molecule is CCOC(=O)C1(CC(C)C2CCC([AsH]CC(C=O)c3cc(C(F)(F)F)cc(C(F)(F)F)c3)(c3ccccc3)CC2)CCCNC1. The van der Waals surface area contributed by atoms with Gasteiger partial charge in [0.2, 0.25) is 0 Å². The second-order valence-corrected chi connectivity index (χ2v) is 16.3. The summed E-state index contributed by atoms with van der Waals surface area (Å²) in [6.07, 6.45) is -3.61. The molecule has 4 unspecified atom stereocenters. The van der Waals surface area contributed by atoms with E-state index in [9.17, 15) is 35.9 Å². The topological polar surface area (TPSA) is 55.4 Å². The van der Waals surface area contributed by atoms with Crippen molar-refractivity contribution in [3.8, 4) is 0 Å². The Morgan fingerprint density at radius 1 is 1.02 bits per heavy atom. The first-order valence-electron chi connectivity index (χ1n) is 15.7. The third kappa shape index (κ3) is 8.54. The number of benzene rings is 2. The molecule has 0 aromatic heterocycles. The fraction of sp³-hybridized carbons (Fsp3) is 0.588. The first-order valence-corrected chi connectivity index (χ1v) is 18.2. The van der Waals surface area contributed by atoms with E-state index in [1.54, 1.807) is 0 Å². The number of piperidine rings is 1. The fourth-order valence-electron chi connectivity index (χ4n) is 7.24. The van der Waals surface area contributed by atoms with Crippen LogP contribution < -0.4 is 5.32 Å². The van der Waals surface area contributed by atoms with Crippen molar-refractivity contribution >= 4 is 28.0 Å². The predicted molar refractivity (Wildman–Crippen MR) is 162 cm³/mol. The summed E-state index contributed by atoms with van der Waals surface area (Å²) in [5, 5.41) is 3.62. The van der Waals surface area contributed by atoms with Crippen LogP contribution in [0.2, 0.25) is 5.21 Å². The van der Waals surface area contributed by atoms with Crippen molar-refractivity contribution in [2.45, 2.75) is 86.5 Å². The van der Waals surface area contributed by atoms with Crippen LogP contribution in [0.4, 0.5) is 26.3 Å². The van der Waals surface area contributed by atoms with E-state index >= 15 is 0 Å². The Hall–Kier alpha value is -2.32. The van der Waals surface area contributed by atoms with E-state index in [0.717, 1.165) is 57.1 Å². The molecular formula is C34H42AsF6NO3. The van der Waals surface area contributed by atoms with Gasteiger partial charge >= 0.3 is 268 Å². The Bertz CT molecular complexity index is 1250. The zero-order valence-electron chi connectivity index (χ0n) is 25.7. The molecule has 4 nitrogen and oxygen atoms in total. The predicted octanol–water partition coefficient (Wildman–Crippen LogP) is 7.91. The van der Waals surface area contributed by atoms with Crippen molar-refractivity contribution in [2.24, 2.45) is 17.3 Å². The van der Waals surface area contributed by atoms with Gasteiger partial charge in [-0.25, -0.2) is 0 Å². The second-order valence-electron chi connectivity index (χ2n) is 12.7. The summed E-state index contributed by atoms with van der Waals surface area (Å²) in [6, 6.07) is 11.4. The van der Waals surface area contributed by atoms with Gasteiger partial charge in [0.15, 0.2) is 0 Å². The zero-order valence-corrected chi connectivity index (χ0v) is 27.8. The van der Waals surface area contributed by atoms with Crippen LogP contribution in [0.3, 0.4) is 0 Å². The van der Waals surface area contributed by atoms with Crippen molar-refractivity contribution < 1.29 is 40.7 Å². The number of carbonyl (C=O) groups is 2. The van der Waals surface area contributed by atoms with E-state index < -0.39 is 50.6 Å². The van der Waals surface area contributed by atoms with E-state index in [0.29, 0.717) is 37.5 Å². The van der Waals surface area contributed by atoms with Gasteiger partial charge < -0.3 is 0 Å².